The zero-order valence-electron chi connectivity index (χ0n) is 17.4. The number of nitriles is 1. The highest BCUT2D eigenvalue weighted by Crippen LogP contribution is 2.33. The SMILES string of the molecule is CCCCCn1c(O)c(C(=O)c2oc3cc(C)c(Cl)cc3c2C)c(C)c(C#N)c1=O. The van der Waals surface area contributed by atoms with Gasteiger partial charge in [-0.3, -0.25) is 14.2 Å². The van der Waals surface area contributed by atoms with Gasteiger partial charge in [0.15, 0.2) is 5.76 Å². The topological polar surface area (TPSA) is 96.2 Å². The number of carbonyl (C=O) groups excluding carboxylic acids is 1. The summed E-state index contributed by atoms with van der Waals surface area (Å²) in [7, 11) is 0. The summed E-state index contributed by atoms with van der Waals surface area (Å²) in [6.07, 6.45) is 2.43. The molecule has 0 atom stereocenters. The van der Waals surface area contributed by atoms with Gasteiger partial charge >= 0.3 is 0 Å². The number of hydrogen-bond donors (Lipinski definition) is 1. The molecule has 0 unspecified atom stereocenters. The van der Waals surface area contributed by atoms with Gasteiger partial charge < -0.3 is 9.52 Å². The first kappa shape index (κ1) is 21.7. The number of ketones is 1. The smallest absolute Gasteiger partial charge is 0.271 e. The van der Waals surface area contributed by atoms with Crippen molar-refractivity contribution in [1.82, 2.24) is 4.57 Å². The zero-order chi connectivity index (χ0) is 22.2. The molecule has 0 amide bonds. The van der Waals surface area contributed by atoms with Gasteiger partial charge in [-0.25, -0.2) is 0 Å². The monoisotopic (exact) mass is 426 g/mol. The van der Waals surface area contributed by atoms with E-state index in [1.165, 1.54) is 6.92 Å². The van der Waals surface area contributed by atoms with Crippen molar-refractivity contribution in [3.8, 4) is 11.9 Å². The maximum atomic E-state index is 13.4. The van der Waals surface area contributed by atoms with E-state index >= 15 is 0 Å². The Hall–Kier alpha value is -3.04. The molecule has 1 N–H and O–H groups in total. The number of carbonyl (C=O) groups is 1. The molecule has 156 valence electrons. The molecule has 0 spiro atoms. The van der Waals surface area contributed by atoms with Crippen LogP contribution in [0.2, 0.25) is 5.02 Å². The fourth-order valence-electron chi connectivity index (χ4n) is 3.62. The van der Waals surface area contributed by atoms with Crippen molar-refractivity contribution in [3.63, 3.8) is 0 Å². The second-order valence-corrected chi connectivity index (χ2v) is 7.86. The summed E-state index contributed by atoms with van der Waals surface area (Å²) in [6.45, 7) is 7.30. The quantitative estimate of drug-likeness (QED) is 0.433. The maximum absolute atomic E-state index is 13.4. The fraction of sp³-hybridized carbons (Fsp3) is 0.348. The first-order chi connectivity index (χ1) is 14.2. The fourth-order valence-corrected chi connectivity index (χ4v) is 3.79. The number of fused-ring (bicyclic) bond motifs is 1. The average Bonchev–Trinajstić information content (AvgIpc) is 3.01. The number of unbranched alkanes of at least 4 members (excludes halogenated alkanes) is 2. The minimum Gasteiger partial charge on any atom is -0.494 e. The molecule has 0 bridgehead atoms. The second kappa shape index (κ2) is 8.37. The normalized spacial score (nSPS) is 11.1. The highest BCUT2D eigenvalue weighted by molar-refractivity contribution is 6.32. The molecule has 0 aliphatic rings. The van der Waals surface area contributed by atoms with Gasteiger partial charge in [0, 0.05) is 22.5 Å². The molecule has 2 aromatic heterocycles. The van der Waals surface area contributed by atoms with E-state index < -0.39 is 17.2 Å². The van der Waals surface area contributed by atoms with E-state index in [9.17, 15) is 20.0 Å². The number of aryl methyl sites for hydroxylation is 2. The van der Waals surface area contributed by atoms with Crippen LogP contribution >= 0.6 is 11.6 Å². The number of rotatable bonds is 6. The molecule has 0 aliphatic carbocycles. The van der Waals surface area contributed by atoms with E-state index in [1.54, 1.807) is 19.1 Å². The number of benzene rings is 1. The Kier molecular flexibility index (Phi) is 6.04. The van der Waals surface area contributed by atoms with Gasteiger partial charge in [-0.05, 0) is 50.5 Å². The summed E-state index contributed by atoms with van der Waals surface area (Å²) in [6, 6.07) is 5.37. The number of nitrogens with zero attached hydrogens (tertiary/aromatic N) is 2. The van der Waals surface area contributed by atoms with Crippen molar-refractivity contribution in [1.29, 1.82) is 5.26 Å². The van der Waals surface area contributed by atoms with Crippen molar-refractivity contribution >= 4 is 28.4 Å². The van der Waals surface area contributed by atoms with E-state index in [0.29, 0.717) is 28.0 Å². The lowest BCUT2D eigenvalue weighted by atomic mass is 9.98. The van der Waals surface area contributed by atoms with Gasteiger partial charge in [0.25, 0.3) is 5.56 Å². The van der Waals surface area contributed by atoms with Crippen LogP contribution in [0.25, 0.3) is 11.0 Å². The highest BCUT2D eigenvalue weighted by atomic mass is 35.5. The molecule has 2 heterocycles. The second-order valence-electron chi connectivity index (χ2n) is 7.46. The van der Waals surface area contributed by atoms with Crippen LogP contribution in [-0.2, 0) is 6.54 Å². The van der Waals surface area contributed by atoms with Crippen LogP contribution in [0.4, 0.5) is 0 Å². The molecule has 0 saturated carbocycles. The predicted molar refractivity (Wildman–Crippen MR) is 115 cm³/mol. The van der Waals surface area contributed by atoms with Gasteiger partial charge in [-0.2, -0.15) is 5.26 Å². The molecular formula is C23H23ClN2O4. The van der Waals surface area contributed by atoms with Gasteiger partial charge in [0.1, 0.15) is 17.2 Å². The van der Waals surface area contributed by atoms with Crippen LogP contribution in [0.15, 0.2) is 21.3 Å². The van der Waals surface area contributed by atoms with Crippen molar-refractivity contribution in [2.75, 3.05) is 0 Å². The third-order valence-corrected chi connectivity index (χ3v) is 5.84. The summed E-state index contributed by atoms with van der Waals surface area (Å²) < 4.78 is 6.92. The molecule has 3 rings (SSSR count). The van der Waals surface area contributed by atoms with Crippen LogP contribution in [0.1, 0.15) is 64.6 Å². The standard InChI is InChI=1S/C23H23ClN2O4/c1-5-6-7-8-26-22(28)16(11-25)13(3)19(23(26)29)20(27)21-14(4)15-10-17(24)12(2)9-18(15)30-21/h9-10,29H,5-8H2,1-4H3. The summed E-state index contributed by atoms with van der Waals surface area (Å²) in [5.74, 6) is -0.965. The van der Waals surface area contributed by atoms with Crippen molar-refractivity contribution < 1.29 is 14.3 Å². The molecule has 0 saturated heterocycles. The lowest BCUT2D eigenvalue weighted by molar-refractivity contribution is 0.100. The lowest BCUT2D eigenvalue weighted by Gasteiger charge is -2.15. The minimum atomic E-state index is -0.594. The molecule has 0 aliphatic heterocycles. The van der Waals surface area contributed by atoms with E-state index in [2.05, 4.69) is 0 Å². The zero-order valence-corrected chi connectivity index (χ0v) is 18.2. The van der Waals surface area contributed by atoms with Gasteiger partial charge in [-0.15, -0.1) is 0 Å². The minimum absolute atomic E-state index is 0.0488. The Morgan fingerprint density at radius 2 is 1.93 bits per heavy atom. The van der Waals surface area contributed by atoms with Crippen LogP contribution in [0.5, 0.6) is 5.88 Å². The largest absolute Gasteiger partial charge is 0.494 e. The average molecular weight is 427 g/mol. The van der Waals surface area contributed by atoms with E-state index in [1.807, 2.05) is 19.9 Å². The Bertz CT molecular complexity index is 1260. The molecule has 6 nitrogen and oxygen atoms in total. The summed E-state index contributed by atoms with van der Waals surface area (Å²) in [5.41, 5.74) is 1.21. The summed E-state index contributed by atoms with van der Waals surface area (Å²) >= 11 is 6.21. The number of pyridine rings is 1. The van der Waals surface area contributed by atoms with E-state index in [0.717, 1.165) is 23.0 Å². The maximum Gasteiger partial charge on any atom is 0.271 e. The molecule has 7 heteroatoms. The Balaban J connectivity index is 2.22. The highest BCUT2D eigenvalue weighted by Gasteiger charge is 2.28. The van der Waals surface area contributed by atoms with Crippen LogP contribution in [0.3, 0.4) is 0 Å². The van der Waals surface area contributed by atoms with Crippen LogP contribution < -0.4 is 5.56 Å². The van der Waals surface area contributed by atoms with E-state index in [-0.39, 0.29) is 29.0 Å². The molecule has 0 radical (unpaired) electrons. The van der Waals surface area contributed by atoms with Gasteiger partial charge in [0.2, 0.25) is 11.7 Å². The molecule has 3 aromatic rings. The number of aromatic hydroxyl groups is 1. The van der Waals surface area contributed by atoms with Gasteiger partial charge in [0.05, 0.1) is 5.56 Å². The predicted octanol–water partition coefficient (Wildman–Crippen LogP) is 5.17. The van der Waals surface area contributed by atoms with Crippen molar-refractivity contribution in [3.05, 3.63) is 61.1 Å². The summed E-state index contributed by atoms with van der Waals surface area (Å²) in [4.78, 5) is 26.1. The Morgan fingerprint density at radius 1 is 1.23 bits per heavy atom. The van der Waals surface area contributed by atoms with Crippen LogP contribution in [0, 0.1) is 32.1 Å². The van der Waals surface area contributed by atoms with Crippen LogP contribution in [-0.4, -0.2) is 15.5 Å². The molecule has 1 aromatic carbocycles. The lowest BCUT2D eigenvalue weighted by Crippen LogP contribution is -2.27. The molecule has 30 heavy (non-hydrogen) atoms. The van der Waals surface area contributed by atoms with Crippen molar-refractivity contribution in [2.24, 2.45) is 0 Å². The van der Waals surface area contributed by atoms with Crippen molar-refractivity contribution in [2.45, 2.75) is 53.5 Å². The molecular weight excluding hydrogens is 404 g/mol. The number of hydrogen-bond acceptors (Lipinski definition) is 5. The summed E-state index contributed by atoms with van der Waals surface area (Å²) in [5, 5.41) is 21.6. The molecule has 0 fully saturated rings. The Labute approximate surface area is 179 Å². The van der Waals surface area contributed by atoms with E-state index in [4.69, 9.17) is 16.0 Å². The Morgan fingerprint density at radius 3 is 2.57 bits per heavy atom. The third kappa shape index (κ3) is 3.50. The third-order valence-electron chi connectivity index (χ3n) is 5.44. The number of furan rings is 1. The first-order valence-corrected chi connectivity index (χ1v) is 10.2. The number of halogens is 1. The number of aromatic nitrogens is 1. The first-order valence-electron chi connectivity index (χ1n) is 9.83. The van der Waals surface area contributed by atoms with Gasteiger partial charge in [-0.1, -0.05) is 31.4 Å².